The van der Waals surface area contributed by atoms with Gasteiger partial charge in [0.2, 0.25) is 0 Å². The highest BCUT2D eigenvalue weighted by Gasteiger charge is 2.11. The highest BCUT2D eigenvalue weighted by Crippen LogP contribution is 2.19. The number of nitrogens with zero attached hydrogens (tertiary/aromatic N) is 4. The van der Waals surface area contributed by atoms with Crippen molar-refractivity contribution in [2.75, 3.05) is 5.32 Å². The third-order valence-electron chi connectivity index (χ3n) is 3.93. The molecule has 2 N–H and O–H groups in total. The van der Waals surface area contributed by atoms with E-state index in [0.29, 0.717) is 16.8 Å². The predicted octanol–water partition coefficient (Wildman–Crippen LogP) is 2.89. The molecule has 4 rings (SSSR count). The van der Waals surface area contributed by atoms with Gasteiger partial charge in [-0.05, 0) is 50.2 Å². The Morgan fingerprint density at radius 1 is 1.21 bits per heavy atom. The van der Waals surface area contributed by atoms with Crippen LogP contribution in [0.3, 0.4) is 0 Å². The van der Waals surface area contributed by atoms with E-state index >= 15 is 0 Å². The number of H-pyrrole nitrogens is 1. The second-order valence-corrected chi connectivity index (χ2v) is 5.62. The summed E-state index contributed by atoms with van der Waals surface area (Å²) in [6.45, 7) is 4.64. The summed E-state index contributed by atoms with van der Waals surface area (Å²) in [5.74, 6) is 0.663. The average molecular weight is 320 g/mol. The van der Waals surface area contributed by atoms with Crippen LogP contribution in [-0.4, -0.2) is 30.9 Å². The summed E-state index contributed by atoms with van der Waals surface area (Å²) in [6, 6.07) is 11.0. The van der Waals surface area contributed by atoms with Crippen molar-refractivity contribution in [2.45, 2.75) is 20.4 Å². The van der Waals surface area contributed by atoms with E-state index in [1.54, 1.807) is 16.8 Å². The fourth-order valence-corrected chi connectivity index (χ4v) is 2.77. The summed E-state index contributed by atoms with van der Waals surface area (Å²) in [5.41, 5.74) is 4.67. The zero-order chi connectivity index (χ0) is 16.7. The first-order valence-electron chi connectivity index (χ1n) is 7.75. The molecule has 1 amide bonds. The van der Waals surface area contributed by atoms with Crippen LogP contribution in [-0.2, 0) is 6.54 Å². The van der Waals surface area contributed by atoms with Crippen molar-refractivity contribution >= 4 is 33.7 Å². The Kier molecular flexibility index (Phi) is 3.26. The molecule has 0 saturated carbocycles. The topological polar surface area (TPSA) is 88.5 Å². The van der Waals surface area contributed by atoms with Gasteiger partial charge in [-0.3, -0.25) is 4.79 Å². The number of aryl methyl sites for hydroxylation is 2. The first-order valence-corrected chi connectivity index (χ1v) is 7.75. The second kappa shape index (κ2) is 5.45. The van der Waals surface area contributed by atoms with E-state index < -0.39 is 0 Å². The Balaban J connectivity index is 1.62. The molecule has 7 nitrogen and oxygen atoms in total. The number of benzene rings is 2. The zero-order valence-electron chi connectivity index (χ0n) is 13.4. The van der Waals surface area contributed by atoms with Crippen LogP contribution in [0.25, 0.3) is 22.1 Å². The van der Waals surface area contributed by atoms with Crippen molar-refractivity contribution in [1.29, 1.82) is 0 Å². The number of hydrogen-bond acceptors (Lipinski definition) is 4. The largest absolute Gasteiger partial charge is 0.342 e. The molecule has 0 spiro atoms. The quantitative estimate of drug-likeness (QED) is 0.607. The van der Waals surface area contributed by atoms with Gasteiger partial charge in [0.25, 0.3) is 5.91 Å². The Hall–Kier alpha value is -3.22. The molecular formula is C17H16N6O. The van der Waals surface area contributed by atoms with Crippen molar-refractivity contribution in [3.8, 4) is 0 Å². The van der Waals surface area contributed by atoms with Gasteiger partial charge in [-0.1, -0.05) is 5.21 Å². The lowest BCUT2D eigenvalue weighted by Crippen LogP contribution is -2.11. The number of anilines is 1. The molecule has 0 unspecified atom stereocenters. The fraction of sp³-hybridized carbons (Fsp3) is 0.176. The van der Waals surface area contributed by atoms with Crippen LogP contribution in [0, 0.1) is 6.92 Å². The van der Waals surface area contributed by atoms with Gasteiger partial charge in [0.05, 0.1) is 16.6 Å². The highest BCUT2D eigenvalue weighted by molar-refractivity contribution is 6.06. The Morgan fingerprint density at radius 3 is 2.92 bits per heavy atom. The minimum Gasteiger partial charge on any atom is -0.342 e. The monoisotopic (exact) mass is 320 g/mol. The Bertz CT molecular complexity index is 1060. The van der Waals surface area contributed by atoms with Gasteiger partial charge >= 0.3 is 0 Å². The van der Waals surface area contributed by atoms with Crippen LogP contribution in [0.15, 0.2) is 36.4 Å². The van der Waals surface area contributed by atoms with Crippen molar-refractivity contribution in [1.82, 2.24) is 25.0 Å². The number of nitrogens with one attached hydrogen (secondary N) is 2. The highest BCUT2D eigenvalue weighted by atomic mass is 16.1. The lowest BCUT2D eigenvalue weighted by Gasteiger charge is -2.05. The summed E-state index contributed by atoms with van der Waals surface area (Å²) < 4.78 is 1.80. The normalized spacial score (nSPS) is 11.2. The fourth-order valence-electron chi connectivity index (χ4n) is 2.77. The molecule has 24 heavy (non-hydrogen) atoms. The lowest BCUT2D eigenvalue weighted by atomic mass is 10.1. The maximum Gasteiger partial charge on any atom is 0.255 e. The molecule has 4 aromatic rings. The van der Waals surface area contributed by atoms with E-state index in [2.05, 4.69) is 25.6 Å². The van der Waals surface area contributed by atoms with Crippen molar-refractivity contribution in [3.05, 3.63) is 47.8 Å². The summed E-state index contributed by atoms with van der Waals surface area (Å²) in [4.78, 5) is 20.0. The van der Waals surface area contributed by atoms with E-state index in [1.807, 2.05) is 38.1 Å². The standard InChI is InChI=1S/C17H16N6O/c1-3-23-16-7-4-11(8-15(16)21-22-23)17(24)20-12-5-6-13-14(9-12)19-10(2)18-13/h4-9H,3H2,1-2H3,(H,18,19)(H,20,24). The maximum absolute atomic E-state index is 12.5. The van der Waals surface area contributed by atoms with E-state index in [-0.39, 0.29) is 5.91 Å². The van der Waals surface area contributed by atoms with Gasteiger partial charge in [0, 0.05) is 17.8 Å². The summed E-state index contributed by atoms with van der Waals surface area (Å²) in [7, 11) is 0. The summed E-state index contributed by atoms with van der Waals surface area (Å²) in [5, 5.41) is 11.1. The average Bonchev–Trinajstić information content (AvgIpc) is 3.15. The van der Waals surface area contributed by atoms with Crippen molar-refractivity contribution in [2.24, 2.45) is 0 Å². The minimum absolute atomic E-state index is 0.182. The number of rotatable bonds is 3. The van der Waals surface area contributed by atoms with Gasteiger partial charge in [-0.2, -0.15) is 0 Å². The van der Waals surface area contributed by atoms with Crippen LogP contribution in [0.2, 0.25) is 0 Å². The van der Waals surface area contributed by atoms with E-state index in [0.717, 1.165) is 28.9 Å². The molecular weight excluding hydrogens is 304 g/mol. The molecule has 0 aliphatic rings. The van der Waals surface area contributed by atoms with Gasteiger partial charge in [0.1, 0.15) is 11.3 Å². The van der Waals surface area contributed by atoms with Crippen LogP contribution in [0.5, 0.6) is 0 Å². The third kappa shape index (κ3) is 2.40. The molecule has 0 atom stereocenters. The van der Waals surface area contributed by atoms with E-state index in [4.69, 9.17) is 0 Å². The number of carbonyl (C=O) groups excluding carboxylic acids is 1. The molecule has 2 heterocycles. The van der Waals surface area contributed by atoms with Gasteiger partial charge in [-0.25, -0.2) is 9.67 Å². The molecule has 0 fully saturated rings. The second-order valence-electron chi connectivity index (χ2n) is 5.62. The zero-order valence-corrected chi connectivity index (χ0v) is 13.4. The van der Waals surface area contributed by atoms with Crippen LogP contribution in [0.1, 0.15) is 23.1 Å². The van der Waals surface area contributed by atoms with E-state index in [9.17, 15) is 4.79 Å². The summed E-state index contributed by atoms with van der Waals surface area (Å²) in [6.07, 6.45) is 0. The minimum atomic E-state index is -0.182. The molecule has 7 heteroatoms. The van der Waals surface area contributed by atoms with Crippen LogP contribution >= 0.6 is 0 Å². The molecule has 0 bridgehead atoms. The van der Waals surface area contributed by atoms with Crippen molar-refractivity contribution in [3.63, 3.8) is 0 Å². The van der Waals surface area contributed by atoms with Crippen LogP contribution < -0.4 is 5.32 Å². The molecule has 2 aromatic heterocycles. The Labute approximate surface area is 137 Å². The third-order valence-corrected chi connectivity index (χ3v) is 3.93. The smallest absolute Gasteiger partial charge is 0.255 e. The number of hydrogen-bond donors (Lipinski definition) is 2. The SMILES string of the molecule is CCn1nnc2cc(C(=O)Nc3ccc4nc(C)[nH]c4c3)ccc21. The van der Waals surface area contributed by atoms with Gasteiger partial charge in [-0.15, -0.1) is 5.10 Å². The van der Waals surface area contributed by atoms with E-state index in [1.165, 1.54) is 0 Å². The molecule has 0 aliphatic carbocycles. The molecule has 2 aromatic carbocycles. The molecule has 0 radical (unpaired) electrons. The number of aromatic amines is 1. The summed E-state index contributed by atoms with van der Waals surface area (Å²) >= 11 is 0. The number of carbonyl (C=O) groups is 1. The number of imidazole rings is 1. The van der Waals surface area contributed by atoms with Gasteiger partial charge < -0.3 is 10.3 Å². The predicted molar refractivity (Wildman–Crippen MR) is 92.0 cm³/mol. The maximum atomic E-state index is 12.5. The molecule has 0 saturated heterocycles. The lowest BCUT2D eigenvalue weighted by molar-refractivity contribution is 0.102. The Morgan fingerprint density at radius 2 is 2.08 bits per heavy atom. The molecule has 0 aliphatic heterocycles. The van der Waals surface area contributed by atoms with Crippen molar-refractivity contribution < 1.29 is 4.79 Å². The number of amides is 1. The first-order chi connectivity index (χ1) is 11.6. The molecule has 120 valence electrons. The van der Waals surface area contributed by atoms with Gasteiger partial charge in [0.15, 0.2) is 0 Å². The first kappa shape index (κ1) is 14.4. The number of aromatic nitrogens is 5. The van der Waals surface area contributed by atoms with Crippen LogP contribution in [0.4, 0.5) is 5.69 Å². The number of fused-ring (bicyclic) bond motifs is 2.